The molecule has 2 heterocycles. The molecule has 0 bridgehead atoms. The number of aryl methyl sites for hydroxylation is 2. The van der Waals surface area contributed by atoms with Gasteiger partial charge in [-0.05, 0) is 55.5 Å². The molecule has 1 aliphatic rings. The first kappa shape index (κ1) is 20.3. The highest BCUT2D eigenvalue weighted by Crippen LogP contribution is 2.38. The maximum atomic E-state index is 12.4. The number of primary sulfonamides is 1. The average molecular weight is 449 g/mol. The van der Waals surface area contributed by atoms with E-state index in [4.69, 9.17) is 5.14 Å². The van der Waals surface area contributed by atoms with Gasteiger partial charge < -0.3 is 5.32 Å². The number of hydrogen-bond acceptors (Lipinski definition) is 7. The first-order chi connectivity index (χ1) is 13.9. The van der Waals surface area contributed by atoms with Gasteiger partial charge in [-0.3, -0.25) is 4.79 Å². The molecule has 10 heteroatoms. The van der Waals surface area contributed by atoms with Crippen molar-refractivity contribution in [3.05, 3.63) is 41.0 Å². The Hall–Kier alpha value is -2.01. The van der Waals surface area contributed by atoms with Crippen LogP contribution in [0, 0.1) is 0 Å². The zero-order valence-corrected chi connectivity index (χ0v) is 18.0. The van der Waals surface area contributed by atoms with Crippen LogP contribution >= 0.6 is 23.1 Å². The molecule has 1 aliphatic carbocycles. The van der Waals surface area contributed by atoms with Gasteiger partial charge in [0.2, 0.25) is 15.9 Å². The molecule has 2 aromatic heterocycles. The molecule has 0 atom stereocenters. The standard InChI is InChI=1S/C19H20N4O3S3/c20-29(25,26)13-8-6-12(7-9-13)23-16(24)10-27-18-17-14-4-2-1-3-5-15(14)28-19(17)22-11-21-18/h6-9,11H,1-5,10H2,(H,23,24)(H2,20,25,26). The summed E-state index contributed by atoms with van der Waals surface area (Å²) in [6, 6.07) is 5.77. The molecule has 0 saturated carbocycles. The summed E-state index contributed by atoms with van der Waals surface area (Å²) in [5, 5.41) is 9.80. The number of fused-ring (bicyclic) bond motifs is 3. The van der Waals surface area contributed by atoms with Crippen molar-refractivity contribution in [3.63, 3.8) is 0 Å². The Balaban J connectivity index is 1.47. The predicted octanol–water partition coefficient (Wildman–Crippen LogP) is 3.34. The van der Waals surface area contributed by atoms with Crippen LogP contribution in [-0.4, -0.2) is 30.0 Å². The number of anilines is 1. The number of thiophene rings is 1. The van der Waals surface area contributed by atoms with Gasteiger partial charge in [0.15, 0.2) is 0 Å². The number of nitrogens with zero attached hydrogens (tertiary/aromatic N) is 2. The Kier molecular flexibility index (Phi) is 5.86. The van der Waals surface area contributed by atoms with Gasteiger partial charge in [0, 0.05) is 16.0 Å². The molecule has 0 fully saturated rings. The summed E-state index contributed by atoms with van der Waals surface area (Å²) >= 11 is 3.14. The van der Waals surface area contributed by atoms with Gasteiger partial charge in [-0.1, -0.05) is 18.2 Å². The summed E-state index contributed by atoms with van der Waals surface area (Å²) in [5.74, 6) is 0.0136. The highest BCUT2D eigenvalue weighted by Gasteiger charge is 2.19. The first-order valence-electron chi connectivity index (χ1n) is 9.22. The van der Waals surface area contributed by atoms with E-state index < -0.39 is 10.0 Å². The van der Waals surface area contributed by atoms with Gasteiger partial charge in [-0.15, -0.1) is 11.3 Å². The Morgan fingerprint density at radius 2 is 1.90 bits per heavy atom. The highest BCUT2D eigenvalue weighted by molar-refractivity contribution is 8.00. The summed E-state index contributed by atoms with van der Waals surface area (Å²) in [6.07, 6.45) is 7.32. The van der Waals surface area contributed by atoms with Crippen LogP contribution in [0.4, 0.5) is 5.69 Å². The second kappa shape index (κ2) is 8.39. The number of benzene rings is 1. The quantitative estimate of drug-likeness (QED) is 0.351. The van der Waals surface area contributed by atoms with Crippen LogP contribution in [0.2, 0.25) is 0 Å². The minimum absolute atomic E-state index is 0.00593. The van der Waals surface area contributed by atoms with Crippen molar-refractivity contribution in [3.8, 4) is 0 Å². The first-order valence-corrected chi connectivity index (χ1v) is 12.6. The number of nitrogens with two attached hydrogens (primary N) is 1. The molecule has 4 rings (SSSR count). The third kappa shape index (κ3) is 4.61. The van der Waals surface area contributed by atoms with E-state index in [0.29, 0.717) is 5.69 Å². The number of rotatable bonds is 5. The largest absolute Gasteiger partial charge is 0.325 e. The lowest BCUT2D eigenvalue weighted by molar-refractivity contribution is -0.113. The minimum atomic E-state index is -3.75. The summed E-state index contributed by atoms with van der Waals surface area (Å²) in [4.78, 5) is 23.6. The van der Waals surface area contributed by atoms with Gasteiger partial charge in [0.05, 0.1) is 10.6 Å². The van der Waals surface area contributed by atoms with Crippen LogP contribution in [0.5, 0.6) is 0 Å². The van der Waals surface area contributed by atoms with Crippen molar-refractivity contribution in [1.82, 2.24) is 9.97 Å². The van der Waals surface area contributed by atoms with E-state index in [0.717, 1.165) is 28.1 Å². The maximum Gasteiger partial charge on any atom is 0.238 e. The molecular formula is C19H20N4O3S3. The van der Waals surface area contributed by atoms with Crippen molar-refractivity contribution in [2.75, 3.05) is 11.1 Å². The second-order valence-electron chi connectivity index (χ2n) is 6.83. The zero-order chi connectivity index (χ0) is 20.4. The van der Waals surface area contributed by atoms with Crippen LogP contribution in [0.3, 0.4) is 0 Å². The number of carbonyl (C=O) groups is 1. The summed E-state index contributed by atoms with van der Waals surface area (Å²) < 4.78 is 22.6. The molecule has 7 nitrogen and oxygen atoms in total. The predicted molar refractivity (Wildman–Crippen MR) is 116 cm³/mol. The van der Waals surface area contributed by atoms with Crippen LogP contribution in [0.15, 0.2) is 40.5 Å². The number of aromatic nitrogens is 2. The summed E-state index contributed by atoms with van der Waals surface area (Å²) in [7, 11) is -3.75. The van der Waals surface area contributed by atoms with E-state index in [2.05, 4.69) is 15.3 Å². The Morgan fingerprint density at radius 3 is 2.66 bits per heavy atom. The van der Waals surface area contributed by atoms with Crippen LogP contribution in [-0.2, 0) is 27.7 Å². The number of nitrogens with one attached hydrogen (secondary N) is 1. The monoisotopic (exact) mass is 448 g/mol. The molecule has 3 aromatic rings. The number of thioether (sulfide) groups is 1. The van der Waals surface area contributed by atoms with Gasteiger partial charge in [0.1, 0.15) is 16.2 Å². The summed E-state index contributed by atoms with van der Waals surface area (Å²) in [6.45, 7) is 0. The molecule has 3 N–H and O–H groups in total. The fourth-order valence-electron chi connectivity index (χ4n) is 3.41. The molecule has 0 spiro atoms. The third-order valence-electron chi connectivity index (χ3n) is 4.77. The van der Waals surface area contributed by atoms with E-state index in [-0.39, 0.29) is 16.6 Å². The topological polar surface area (TPSA) is 115 Å². The van der Waals surface area contributed by atoms with E-state index in [1.54, 1.807) is 17.7 Å². The lowest BCUT2D eigenvalue weighted by Gasteiger charge is -2.07. The lowest BCUT2D eigenvalue weighted by atomic mass is 10.1. The Bertz CT molecular complexity index is 1160. The molecule has 1 aromatic carbocycles. The number of amides is 1. The molecule has 1 amide bonds. The fourth-order valence-corrected chi connectivity index (χ4v) is 6.04. The molecule has 0 aliphatic heterocycles. The van der Waals surface area contributed by atoms with E-state index in [1.807, 2.05) is 0 Å². The van der Waals surface area contributed by atoms with E-state index in [9.17, 15) is 13.2 Å². The average Bonchev–Trinajstić information content (AvgIpc) is 2.88. The molecule has 0 radical (unpaired) electrons. The highest BCUT2D eigenvalue weighted by atomic mass is 32.2. The van der Waals surface area contributed by atoms with Crippen molar-refractivity contribution >= 4 is 54.9 Å². The Labute approximate surface area is 177 Å². The number of carbonyl (C=O) groups excluding carboxylic acids is 1. The minimum Gasteiger partial charge on any atom is -0.325 e. The maximum absolute atomic E-state index is 12.4. The van der Waals surface area contributed by atoms with Crippen molar-refractivity contribution in [2.45, 2.75) is 42.0 Å². The third-order valence-corrected chi connectivity index (χ3v) is 7.89. The summed E-state index contributed by atoms with van der Waals surface area (Å²) in [5.41, 5.74) is 1.87. The number of sulfonamides is 1. The van der Waals surface area contributed by atoms with Crippen LogP contribution < -0.4 is 10.5 Å². The Morgan fingerprint density at radius 1 is 1.14 bits per heavy atom. The van der Waals surface area contributed by atoms with Gasteiger partial charge in [0.25, 0.3) is 0 Å². The fraction of sp³-hybridized carbons (Fsp3) is 0.316. The smallest absolute Gasteiger partial charge is 0.238 e. The van der Waals surface area contributed by atoms with Crippen LogP contribution in [0.25, 0.3) is 10.2 Å². The van der Waals surface area contributed by atoms with Gasteiger partial charge >= 0.3 is 0 Å². The van der Waals surface area contributed by atoms with E-state index >= 15 is 0 Å². The SMILES string of the molecule is NS(=O)(=O)c1ccc(NC(=O)CSc2ncnc3sc4c(c23)CCCCC4)cc1. The molecule has 0 saturated heterocycles. The molecule has 152 valence electrons. The number of hydrogen-bond donors (Lipinski definition) is 2. The molecule has 29 heavy (non-hydrogen) atoms. The second-order valence-corrected chi connectivity index (χ2v) is 10.4. The van der Waals surface area contributed by atoms with E-state index in [1.165, 1.54) is 65.7 Å². The lowest BCUT2D eigenvalue weighted by Crippen LogP contribution is -2.15. The normalized spacial score (nSPS) is 14.4. The van der Waals surface area contributed by atoms with Crippen molar-refractivity contribution in [1.29, 1.82) is 0 Å². The molecule has 0 unspecified atom stereocenters. The molecular weight excluding hydrogens is 428 g/mol. The van der Waals surface area contributed by atoms with Crippen molar-refractivity contribution < 1.29 is 13.2 Å². The van der Waals surface area contributed by atoms with Gasteiger partial charge in [-0.25, -0.2) is 23.5 Å². The van der Waals surface area contributed by atoms with Crippen molar-refractivity contribution in [2.24, 2.45) is 5.14 Å². The zero-order valence-electron chi connectivity index (χ0n) is 15.6. The van der Waals surface area contributed by atoms with Crippen LogP contribution in [0.1, 0.15) is 29.7 Å². The van der Waals surface area contributed by atoms with Gasteiger partial charge in [-0.2, -0.15) is 0 Å².